The van der Waals surface area contributed by atoms with Gasteiger partial charge < -0.3 is 14.5 Å². The van der Waals surface area contributed by atoms with Crippen molar-refractivity contribution in [3.63, 3.8) is 0 Å². The van der Waals surface area contributed by atoms with E-state index in [-0.39, 0.29) is 24.5 Å². The quantitative estimate of drug-likeness (QED) is 0.785. The largest absolute Gasteiger partial charge is 0.375 e. The molecule has 1 aliphatic heterocycles. The molecule has 1 atom stereocenters. The SMILES string of the molecule is CCN(C(=O)C(C)N1CCN(C(=O)COC)CC1)c1ccccc1. The smallest absolute Gasteiger partial charge is 0.248 e. The molecule has 0 aromatic heterocycles. The molecule has 1 heterocycles. The zero-order valence-electron chi connectivity index (χ0n) is 14.8. The van der Waals surface area contributed by atoms with Crippen molar-refractivity contribution < 1.29 is 14.3 Å². The summed E-state index contributed by atoms with van der Waals surface area (Å²) in [5.41, 5.74) is 0.922. The molecule has 24 heavy (non-hydrogen) atoms. The summed E-state index contributed by atoms with van der Waals surface area (Å²) in [6, 6.07) is 9.53. The van der Waals surface area contributed by atoms with Crippen LogP contribution in [-0.4, -0.2) is 74.1 Å². The van der Waals surface area contributed by atoms with Gasteiger partial charge in [0.25, 0.3) is 0 Å². The first kappa shape index (κ1) is 18.4. The molecule has 1 unspecified atom stereocenters. The molecule has 0 aliphatic carbocycles. The minimum absolute atomic E-state index is 0.00981. The molecule has 0 N–H and O–H groups in total. The standard InChI is InChI=1S/C18H27N3O3/c1-4-21(16-8-6-5-7-9-16)18(23)15(2)19-10-12-20(13-11-19)17(22)14-24-3/h5-9,15H,4,10-14H2,1-3H3. The molecule has 0 spiro atoms. The summed E-state index contributed by atoms with van der Waals surface area (Å²) in [4.78, 5) is 30.5. The molecule has 6 nitrogen and oxygen atoms in total. The number of amides is 2. The molecular weight excluding hydrogens is 306 g/mol. The molecule has 0 saturated carbocycles. The number of hydrogen-bond acceptors (Lipinski definition) is 4. The number of carbonyl (C=O) groups excluding carboxylic acids is 2. The van der Waals surface area contributed by atoms with E-state index in [1.54, 1.807) is 4.90 Å². The minimum Gasteiger partial charge on any atom is -0.375 e. The molecule has 1 aromatic rings. The van der Waals surface area contributed by atoms with E-state index in [9.17, 15) is 9.59 Å². The van der Waals surface area contributed by atoms with E-state index >= 15 is 0 Å². The molecule has 1 aromatic carbocycles. The number of nitrogens with zero attached hydrogens (tertiary/aromatic N) is 3. The number of ether oxygens (including phenoxy) is 1. The minimum atomic E-state index is -0.204. The first-order valence-electron chi connectivity index (χ1n) is 8.45. The number of carbonyl (C=O) groups is 2. The maximum atomic E-state index is 12.9. The fourth-order valence-electron chi connectivity index (χ4n) is 3.03. The van der Waals surface area contributed by atoms with E-state index in [1.807, 2.05) is 49.1 Å². The topological polar surface area (TPSA) is 53.1 Å². The number of piperazine rings is 1. The summed E-state index contributed by atoms with van der Waals surface area (Å²) in [5, 5.41) is 0. The number of likely N-dealkylation sites (N-methyl/N-ethyl adjacent to an activating group) is 1. The zero-order valence-corrected chi connectivity index (χ0v) is 14.8. The van der Waals surface area contributed by atoms with E-state index in [1.165, 1.54) is 7.11 Å². The van der Waals surface area contributed by atoms with Crippen molar-refractivity contribution in [3.05, 3.63) is 30.3 Å². The molecule has 0 bridgehead atoms. The predicted octanol–water partition coefficient (Wildman–Crippen LogP) is 1.22. The van der Waals surface area contributed by atoms with E-state index in [0.29, 0.717) is 32.7 Å². The second kappa shape index (κ2) is 8.80. The second-order valence-corrected chi connectivity index (χ2v) is 5.94. The Bertz CT molecular complexity index is 542. The van der Waals surface area contributed by atoms with E-state index in [0.717, 1.165) is 5.69 Å². The fraction of sp³-hybridized carbons (Fsp3) is 0.556. The Morgan fingerprint density at radius 3 is 2.33 bits per heavy atom. The Morgan fingerprint density at radius 2 is 1.79 bits per heavy atom. The van der Waals surface area contributed by atoms with Crippen LogP contribution >= 0.6 is 0 Å². The van der Waals surface area contributed by atoms with Crippen LogP contribution in [0, 0.1) is 0 Å². The predicted molar refractivity (Wildman–Crippen MR) is 94.0 cm³/mol. The molecule has 1 fully saturated rings. The summed E-state index contributed by atoms with van der Waals surface area (Å²) < 4.78 is 4.90. The van der Waals surface area contributed by atoms with Gasteiger partial charge >= 0.3 is 0 Å². The third-order valence-corrected chi connectivity index (χ3v) is 4.49. The molecule has 6 heteroatoms. The third kappa shape index (κ3) is 4.33. The number of benzene rings is 1. The molecule has 1 aliphatic rings. The molecule has 0 radical (unpaired) electrons. The highest BCUT2D eigenvalue weighted by molar-refractivity contribution is 5.96. The van der Waals surface area contributed by atoms with Crippen molar-refractivity contribution in [2.75, 3.05) is 51.3 Å². The van der Waals surface area contributed by atoms with Gasteiger partial charge in [-0.15, -0.1) is 0 Å². The highest BCUT2D eigenvalue weighted by Gasteiger charge is 2.29. The second-order valence-electron chi connectivity index (χ2n) is 5.94. The maximum absolute atomic E-state index is 12.9. The summed E-state index contributed by atoms with van der Waals surface area (Å²) >= 11 is 0. The van der Waals surface area contributed by atoms with Crippen LogP contribution in [0.3, 0.4) is 0 Å². The van der Waals surface area contributed by atoms with Gasteiger partial charge in [-0.05, 0) is 26.0 Å². The van der Waals surface area contributed by atoms with Crippen molar-refractivity contribution in [2.24, 2.45) is 0 Å². The lowest BCUT2D eigenvalue weighted by molar-refractivity contribution is -0.137. The van der Waals surface area contributed by atoms with Crippen LogP contribution in [0.15, 0.2) is 30.3 Å². The highest BCUT2D eigenvalue weighted by atomic mass is 16.5. The van der Waals surface area contributed by atoms with E-state index < -0.39 is 0 Å². The molecular formula is C18H27N3O3. The number of rotatable bonds is 6. The van der Waals surface area contributed by atoms with Gasteiger partial charge in [0.05, 0.1) is 6.04 Å². The average Bonchev–Trinajstić information content (AvgIpc) is 2.63. The average molecular weight is 333 g/mol. The Hall–Kier alpha value is -1.92. The molecule has 1 saturated heterocycles. The Morgan fingerprint density at radius 1 is 1.17 bits per heavy atom. The van der Waals surface area contributed by atoms with Crippen molar-refractivity contribution in [2.45, 2.75) is 19.9 Å². The number of methoxy groups -OCH3 is 1. The zero-order chi connectivity index (χ0) is 17.5. The summed E-state index contributed by atoms with van der Waals surface area (Å²) in [7, 11) is 1.53. The van der Waals surface area contributed by atoms with Crippen LogP contribution in [0.25, 0.3) is 0 Å². The van der Waals surface area contributed by atoms with E-state index in [4.69, 9.17) is 4.74 Å². The monoisotopic (exact) mass is 333 g/mol. The van der Waals surface area contributed by atoms with Crippen molar-refractivity contribution in [1.82, 2.24) is 9.80 Å². The van der Waals surface area contributed by atoms with Gasteiger partial charge in [0, 0.05) is 45.5 Å². The van der Waals surface area contributed by atoms with Crippen LogP contribution in [0.5, 0.6) is 0 Å². The number of anilines is 1. The van der Waals surface area contributed by atoms with Gasteiger partial charge in [0.2, 0.25) is 11.8 Å². The van der Waals surface area contributed by atoms with Gasteiger partial charge in [-0.3, -0.25) is 14.5 Å². The Kier molecular flexibility index (Phi) is 6.75. The molecule has 2 rings (SSSR count). The summed E-state index contributed by atoms with van der Waals surface area (Å²) in [5.74, 6) is 0.107. The van der Waals surface area contributed by atoms with Gasteiger partial charge in [0.15, 0.2) is 0 Å². The van der Waals surface area contributed by atoms with Crippen molar-refractivity contribution in [3.8, 4) is 0 Å². The fourth-order valence-corrected chi connectivity index (χ4v) is 3.03. The van der Waals surface area contributed by atoms with Crippen molar-refractivity contribution in [1.29, 1.82) is 0 Å². The summed E-state index contributed by atoms with van der Waals surface area (Å²) in [6.07, 6.45) is 0. The lowest BCUT2D eigenvalue weighted by Gasteiger charge is -2.38. The van der Waals surface area contributed by atoms with Crippen LogP contribution in [-0.2, 0) is 14.3 Å². The number of hydrogen-bond donors (Lipinski definition) is 0. The van der Waals surface area contributed by atoms with E-state index in [2.05, 4.69) is 4.90 Å². The van der Waals surface area contributed by atoms with Gasteiger partial charge in [-0.25, -0.2) is 0 Å². The normalized spacial score (nSPS) is 16.7. The first-order valence-corrected chi connectivity index (χ1v) is 8.45. The van der Waals surface area contributed by atoms with Crippen LogP contribution in [0.1, 0.15) is 13.8 Å². The maximum Gasteiger partial charge on any atom is 0.248 e. The lowest BCUT2D eigenvalue weighted by Crippen LogP contribution is -2.56. The van der Waals surface area contributed by atoms with Gasteiger partial charge in [-0.2, -0.15) is 0 Å². The van der Waals surface area contributed by atoms with Crippen LogP contribution < -0.4 is 4.90 Å². The number of para-hydroxylation sites is 1. The van der Waals surface area contributed by atoms with Gasteiger partial charge in [0.1, 0.15) is 6.61 Å². The highest BCUT2D eigenvalue weighted by Crippen LogP contribution is 2.17. The Labute approximate surface area is 144 Å². The third-order valence-electron chi connectivity index (χ3n) is 4.49. The van der Waals surface area contributed by atoms with Crippen LogP contribution in [0.4, 0.5) is 5.69 Å². The lowest BCUT2D eigenvalue weighted by atomic mass is 10.1. The van der Waals surface area contributed by atoms with Crippen LogP contribution in [0.2, 0.25) is 0 Å². The molecule has 2 amide bonds. The summed E-state index contributed by atoms with van der Waals surface area (Å²) in [6.45, 7) is 7.36. The molecule has 132 valence electrons. The first-order chi connectivity index (χ1) is 11.6. The Balaban J connectivity index is 1.95. The van der Waals surface area contributed by atoms with Gasteiger partial charge in [-0.1, -0.05) is 18.2 Å². The van der Waals surface area contributed by atoms with Crippen molar-refractivity contribution >= 4 is 17.5 Å².